The van der Waals surface area contributed by atoms with Crippen molar-refractivity contribution in [1.82, 2.24) is 9.71 Å². The summed E-state index contributed by atoms with van der Waals surface area (Å²) in [5, 5.41) is 0. The summed E-state index contributed by atoms with van der Waals surface area (Å²) in [5.74, 6) is 1.00. The molecule has 0 saturated heterocycles. The third kappa shape index (κ3) is 2.96. The SMILES string of the molecule is Cc1cccc(S(=O)(=O)NCc2ncc(C)o2)c1. The number of aromatic nitrogens is 1. The lowest BCUT2D eigenvalue weighted by molar-refractivity contribution is 0.463. The van der Waals surface area contributed by atoms with E-state index in [0.29, 0.717) is 11.7 Å². The Morgan fingerprint density at radius 1 is 1.33 bits per heavy atom. The predicted octanol–water partition coefficient (Wildman–Crippen LogP) is 1.77. The van der Waals surface area contributed by atoms with Gasteiger partial charge in [-0.05, 0) is 31.5 Å². The maximum Gasteiger partial charge on any atom is 0.241 e. The van der Waals surface area contributed by atoms with E-state index in [1.165, 1.54) is 0 Å². The number of oxazole rings is 1. The first kappa shape index (κ1) is 12.8. The molecule has 1 N–H and O–H groups in total. The van der Waals surface area contributed by atoms with E-state index in [9.17, 15) is 8.42 Å². The smallest absolute Gasteiger partial charge is 0.241 e. The standard InChI is InChI=1S/C12H14N2O3S/c1-9-4-3-5-11(6-9)18(15,16)14-8-12-13-7-10(2)17-12/h3-7,14H,8H2,1-2H3. The summed E-state index contributed by atoms with van der Waals surface area (Å²) in [4.78, 5) is 4.18. The Morgan fingerprint density at radius 3 is 2.72 bits per heavy atom. The molecule has 0 bridgehead atoms. The highest BCUT2D eigenvalue weighted by atomic mass is 32.2. The highest BCUT2D eigenvalue weighted by Gasteiger charge is 2.14. The van der Waals surface area contributed by atoms with Crippen molar-refractivity contribution >= 4 is 10.0 Å². The molecule has 1 aromatic heterocycles. The molecule has 1 heterocycles. The number of sulfonamides is 1. The van der Waals surface area contributed by atoms with Crippen LogP contribution in [-0.4, -0.2) is 13.4 Å². The fraction of sp³-hybridized carbons (Fsp3) is 0.250. The van der Waals surface area contributed by atoms with Gasteiger partial charge in [-0.15, -0.1) is 0 Å². The van der Waals surface area contributed by atoms with Crippen molar-refractivity contribution in [2.24, 2.45) is 0 Å². The average molecular weight is 266 g/mol. The Labute approximate surface area is 106 Å². The van der Waals surface area contributed by atoms with Gasteiger partial charge in [0.1, 0.15) is 5.76 Å². The molecule has 0 atom stereocenters. The van der Waals surface area contributed by atoms with Crippen LogP contribution >= 0.6 is 0 Å². The number of rotatable bonds is 4. The van der Waals surface area contributed by atoms with Crippen molar-refractivity contribution in [3.63, 3.8) is 0 Å². The van der Waals surface area contributed by atoms with Crippen molar-refractivity contribution in [1.29, 1.82) is 0 Å². The van der Waals surface area contributed by atoms with Crippen LogP contribution in [0.15, 0.2) is 39.8 Å². The second kappa shape index (κ2) is 4.91. The van der Waals surface area contributed by atoms with E-state index in [2.05, 4.69) is 9.71 Å². The zero-order valence-electron chi connectivity index (χ0n) is 10.2. The second-order valence-electron chi connectivity index (χ2n) is 4.01. The monoisotopic (exact) mass is 266 g/mol. The van der Waals surface area contributed by atoms with E-state index in [-0.39, 0.29) is 11.4 Å². The first-order valence-electron chi connectivity index (χ1n) is 5.45. The molecule has 0 aliphatic rings. The van der Waals surface area contributed by atoms with Gasteiger partial charge >= 0.3 is 0 Å². The van der Waals surface area contributed by atoms with Crippen molar-refractivity contribution in [2.45, 2.75) is 25.3 Å². The van der Waals surface area contributed by atoms with Crippen LogP contribution in [0.1, 0.15) is 17.2 Å². The number of hydrogen-bond donors (Lipinski definition) is 1. The van der Waals surface area contributed by atoms with Crippen molar-refractivity contribution in [2.75, 3.05) is 0 Å². The lowest BCUT2D eigenvalue weighted by Gasteiger charge is -2.05. The minimum absolute atomic E-state index is 0.0457. The van der Waals surface area contributed by atoms with Crippen LogP contribution in [0.3, 0.4) is 0 Å². The van der Waals surface area contributed by atoms with Crippen LogP contribution in [0, 0.1) is 13.8 Å². The summed E-state index contributed by atoms with van der Waals surface area (Å²) in [5.41, 5.74) is 0.893. The van der Waals surface area contributed by atoms with Gasteiger partial charge in [0.25, 0.3) is 0 Å². The Morgan fingerprint density at radius 2 is 2.11 bits per heavy atom. The summed E-state index contributed by atoms with van der Waals surface area (Å²) in [7, 11) is -3.52. The van der Waals surface area contributed by atoms with E-state index >= 15 is 0 Å². The van der Waals surface area contributed by atoms with E-state index in [1.54, 1.807) is 31.3 Å². The molecule has 6 heteroatoms. The molecular weight excluding hydrogens is 252 g/mol. The van der Waals surface area contributed by atoms with Gasteiger partial charge in [-0.25, -0.2) is 18.1 Å². The predicted molar refractivity (Wildman–Crippen MR) is 66.4 cm³/mol. The van der Waals surface area contributed by atoms with E-state index < -0.39 is 10.0 Å². The Balaban J connectivity index is 2.13. The fourth-order valence-corrected chi connectivity index (χ4v) is 2.58. The topological polar surface area (TPSA) is 72.2 Å². The minimum Gasteiger partial charge on any atom is -0.445 e. The summed E-state index contributed by atoms with van der Waals surface area (Å²) in [6.45, 7) is 3.64. The van der Waals surface area contributed by atoms with Crippen LogP contribution in [-0.2, 0) is 16.6 Å². The molecule has 0 aliphatic heterocycles. The lowest BCUT2D eigenvalue weighted by Crippen LogP contribution is -2.23. The van der Waals surface area contributed by atoms with Crippen LogP contribution in [0.25, 0.3) is 0 Å². The van der Waals surface area contributed by atoms with Gasteiger partial charge in [0, 0.05) is 0 Å². The van der Waals surface area contributed by atoms with Gasteiger partial charge in [0.05, 0.1) is 17.6 Å². The molecule has 2 aromatic rings. The maximum absolute atomic E-state index is 12.0. The first-order valence-corrected chi connectivity index (χ1v) is 6.93. The van der Waals surface area contributed by atoms with Gasteiger partial charge < -0.3 is 4.42 Å². The molecule has 0 saturated carbocycles. The molecular formula is C12H14N2O3S. The van der Waals surface area contributed by atoms with Gasteiger partial charge in [0.2, 0.25) is 15.9 Å². The van der Waals surface area contributed by atoms with Gasteiger partial charge in [-0.1, -0.05) is 12.1 Å². The minimum atomic E-state index is -3.52. The van der Waals surface area contributed by atoms with Crippen molar-refractivity contribution in [3.05, 3.63) is 47.7 Å². The zero-order valence-corrected chi connectivity index (χ0v) is 11.0. The molecule has 0 unspecified atom stereocenters. The summed E-state index contributed by atoms with van der Waals surface area (Å²) < 4.78 is 31.6. The lowest BCUT2D eigenvalue weighted by atomic mass is 10.2. The third-order valence-corrected chi connectivity index (χ3v) is 3.78. The quantitative estimate of drug-likeness (QED) is 0.915. The molecule has 0 spiro atoms. The first-order chi connectivity index (χ1) is 8.47. The Bertz CT molecular complexity index is 647. The van der Waals surface area contributed by atoms with Crippen molar-refractivity contribution in [3.8, 4) is 0 Å². The Hall–Kier alpha value is -1.66. The highest BCUT2D eigenvalue weighted by Crippen LogP contribution is 2.11. The summed E-state index contributed by atoms with van der Waals surface area (Å²) >= 11 is 0. The highest BCUT2D eigenvalue weighted by molar-refractivity contribution is 7.89. The van der Waals surface area contributed by atoms with Gasteiger partial charge in [0.15, 0.2) is 0 Å². The average Bonchev–Trinajstić information content (AvgIpc) is 2.73. The number of nitrogens with one attached hydrogen (secondary N) is 1. The fourth-order valence-electron chi connectivity index (χ4n) is 1.51. The van der Waals surface area contributed by atoms with Crippen LogP contribution < -0.4 is 4.72 Å². The molecule has 2 rings (SSSR count). The normalized spacial score (nSPS) is 11.7. The summed E-state index contributed by atoms with van der Waals surface area (Å²) in [6, 6.07) is 6.72. The van der Waals surface area contributed by atoms with Crippen LogP contribution in [0.2, 0.25) is 0 Å². The number of benzene rings is 1. The molecule has 0 amide bonds. The van der Waals surface area contributed by atoms with Gasteiger partial charge in [-0.3, -0.25) is 0 Å². The molecule has 0 fully saturated rings. The maximum atomic E-state index is 12.0. The van der Waals surface area contributed by atoms with Crippen LogP contribution in [0.5, 0.6) is 0 Å². The molecule has 18 heavy (non-hydrogen) atoms. The molecule has 0 aliphatic carbocycles. The molecule has 1 aromatic carbocycles. The number of aryl methyl sites for hydroxylation is 2. The van der Waals surface area contributed by atoms with Crippen molar-refractivity contribution < 1.29 is 12.8 Å². The Kier molecular flexibility index (Phi) is 3.49. The zero-order chi connectivity index (χ0) is 13.2. The number of nitrogens with zero attached hydrogens (tertiary/aromatic N) is 1. The van der Waals surface area contributed by atoms with E-state index in [4.69, 9.17) is 4.42 Å². The van der Waals surface area contributed by atoms with Crippen LogP contribution in [0.4, 0.5) is 0 Å². The number of hydrogen-bond acceptors (Lipinski definition) is 4. The van der Waals surface area contributed by atoms with E-state index in [0.717, 1.165) is 5.56 Å². The third-order valence-electron chi connectivity index (χ3n) is 2.38. The molecule has 5 nitrogen and oxygen atoms in total. The molecule has 0 radical (unpaired) electrons. The van der Waals surface area contributed by atoms with E-state index in [1.807, 2.05) is 13.0 Å². The largest absolute Gasteiger partial charge is 0.445 e. The molecule has 96 valence electrons. The van der Waals surface area contributed by atoms with Gasteiger partial charge in [-0.2, -0.15) is 0 Å². The second-order valence-corrected chi connectivity index (χ2v) is 5.77. The summed E-state index contributed by atoms with van der Waals surface area (Å²) in [6.07, 6.45) is 1.55.